The van der Waals surface area contributed by atoms with Crippen LogP contribution >= 0.6 is 11.6 Å². The highest BCUT2D eigenvalue weighted by Crippen LogP contribution is 2.54. The molecule has 1 unspecified atom stereocenters. The molecule has 2 aliphatic heterocycles. The summed E-state index contributed by atoms with van der Waals surface area (Å²) in [5.41, 5.74) is 0.981. The second kappa shape index (κ2) is 14.0. The van der Waals surface area contributed by atoms with Crippen molar-refractivity contribution in [2.75, 3.05) is 22.2 Å². The zero-order valence-corrected chi connectivity index (χ0v) is 27.2. The molecule has 4 nitrogen and oxygen atoms in total. The van der Waals surface area contributed by atoms with Crippen molar-refractivity contribution in [3.63, 3.8) is 0 Å². The average molecular weight is 672 g/mol. The molecule has 2 heterocycles. The molecule has 0 saturated carbocycles. The van der Waals surface area contributed by atoms with E-state index in [0.717, 1.165) is 35.9 Å². The zero-order valence-electron chi connectivity index (χ0n) is 26.5. The Morgan fingerprint density at radius 2 is 1.48 bits per heavy atom. The molecule has 0 amide bonds. The van der Waals surface area contributed by atoms with E-state index in [4.69, 9.17) is 50.8 Å². The molecule has 0 spiro atoms. The van der Waals surface area contributed by atoms with Crippen LogP contribution in [0.3, 0.4) is 0 Å². The van der Waals surface area contributed by atoms with E-state index >= 15 is 0 Å². The minimum atomic E-state index is -4.51. The molecular formula is C32H28B5ClF6N4. The van der Waals surface area contributed by atoms with Gasteiger partial charge in [0.15, 0.2) is 0 Å². The van der Waals surface area contributed by atoms with Crippen LogP contribution in [0.1, 0.15) is 36.1 Å². The van der Waals surface area contributed by atoms with E-state index in [1.807, 2.05) is 0 Å². The normalized spacial score (nSPS) is 15.2. The predicted molar refractivity (Wildman–Crippen MR) is 188 cm³/mol. The lowest BCUT2D eigenvalue weighted by molar-refractivity contribution is -0.137. The van der Waals surface area contributed by atoms with Crippen LogP contribution in [-0.4, -0.2) is 62.5 Å². The van der Waals surface area contributed by atoms with Gasteiger partial charge in [-0.25, -0.2) is 8.78 Å². The molecule has 2 N–H and O–H groups in total. The minimum Gasteiger partial charge on any atom is -0.388 e. The van der Waals surface area contributed by atoms with Gasteiger partial charge >= 0.3 is 6.18 Å². The average Bonchev–Trinajstić information content (AvgIpc) is 3.50. The van der Waals surface area contributed by atoms with Gasteiger partial charge in [0.05, 0.1) is 53.9 Å². The van der Waals surface area contributed by atoms with Crippen molar-refractivity contribution in [3.8, 4) is 0 Å². The van der Waals surface area contributed by atoms with Crippen molar-refractivity contribution in [1.82, 2.24) is 5.32 Å². The number of fused-ring (bicyclic) bond motifs is 3. The molecule has 2 aliphatic rings. The van der Waals surface area contributed by atoms with Crippen LogP contribution in [0.4, 0.5) is 43.4 Å². The van der Waals surface area contributed by atoms with Crippen LogP contribution in [0.5, 0.6) is 0 Å². The number of anilines is 3. The second-order valence-corrected chi connectivity index (χ2v) is 11.8. The molecule has 0 bridgehead atoms. The summed E-state index contributed by atoms with van der Waals surface area (Å²) in [6.07, 6.45) is -3.35. The first-order chi connectivity index (χ1) is 21.9. The third-order valence-electron chi connectivity index (χ3n) is 7.34. The number of hydrogen-bond donors (Lipinski definition) is 2. The van der Waals surface area contributed by atoms with Gasteiger partial charge in [0.2, 0.25) is 0 Å². The first-order valence-electron chi connectivity index (χ1n) is 14.1. The van der Waals surface area contributed by atoms with Crippen LogP contribution in [0.2, 0.25) is 5.02 Å². The van der Waals surface area contributed by atoms with Gasteiger partial charge in [-0.05, 0) is 71.7 Å². The predicted octanol–water partition coefficient (Wildman–Crippen LogP) is 6.72. The number of hydrogen-bond acceptors (Lipinski definition) is 4. The maximum absolute atomic E-state index is 14.8. The molecule has 0 saturated heterocycles. The molecular weight excluding hydrogens is 644 g/mol. The highest BCUT2D eigenvalue weighted by atomic mass is 35.5. The van der Waals surface area contributed by atoms with Crippen LogP contribution < -0.4 is 20.4 Å². The summed E-state index contributed by atoms with van der Waals surface area (Å²) >= 11 is 5.44. The molecule has 0 aliphatic carbocycles. The van der Waals surface area contributed by atoms with Crippen molar-refractivity contribution in [2.24, 2.45) is 0 Å². The lowest BCUT2D eigenvalue weighted by Gasteiger charge is -2.48. The fraction of sp³-hybridized carbons (Fsp3) is 0.250. The summed E-state index contributed by atoms with van der Waals surface area (Å²) in [5, 5.41) is 3.42. The van der Waals surface area contributed by atoms with Gasteiger partial charge in [0.25, 0.3) is 0 Å². The molecule has 3 aromatic rings. The fourth-order valence-electron chi connectivity index (χ4n) is 4.95. The Bertz CT molecular complexity index is 1680. The van der Waals surface area contributed by atoms with Crippen molar-refractivity contribution < 1.29 is 26.3 Å². The lowest BCUT2D eigenvalue weighted by Crippen LogP contribution is -2.63. The van der Waals surface area contributed by atoms with E-state index in [2.05, 4.69) is 30.4 Å². The van der Waals surface area contributed by atoms with E-state index in [1.54, 1.807) is 24.9 Å². The Labute approximate surface area is 288 Å². The first-order valence-corrected chi connectivity index (χ1v) is 14.5. The molecule has 1 atom stereocenters. The van der Waals surface area contributed by atoms with Gasteiger partial charge in [0.1, 0.15) is 25.3 Å². The Hall–Kier alpha value is -3.73. The van der Waals surface area contributed by atoms with E-state index < -0.39 is 33.8 Å². The molecule has 0 aromatic heterocycles. The van der Waals surface area contributed by atoms with Crippen LogP contribution in [-0.2, 0) is 12.7 Å². The number of halogens is 7. The van der Waals surface area contributed by atoms with Gasteiger partial charge < -0.3 is 20.4 Å². The quantitative estimate of drug-likeness (QED) is 0.233. The fourth-order valence-corrected chi connectivity index (χ4v) is 5.08. The Morgan fingerprint density at radius 1 is 0.896 bits per heavy atom. The van der Waals surface area contributed by atoms with Crippen molar-refractivity contribution in [3.05, 3.63) is 113 Å². The van der Waals surface area contributed by atoms with E-state index in [9.17, 15) is 26.3 Å². The van der Waals surface area contributed by atoms with Gasteiger partial charge in [0, 0.05) is 41.1 Å². The molecule has 3 aromatic carbocycles. The molecule has 16 heteroatoms. The summed E-state index contributed by atoms with van der Waals surface area (Å²) in [7, 11) is 32.2. The number of alkyl halides is 4. The molecule has 240 valence electrons. The molecule has 48 heavy (non-hydrogen) atoms. The SMILES string of the molecule is C=Cc1cc(F)cc(C(F)(F)F)c1.Fc1ccc(Cl)cc1.[B]C([B])(C)N1C(=C)N(C([B])([B])C([B])(C)F)c2cc(NC)c3c(c21)C(=C)NC3. The molecule has 10 radical (unpaired) electrons. The summed E-state index contributed by atoms with van der Waals surface area (Å²) in [4.78, 5) is 2.89. The number of rotatable bonds is 5. The van der Waals surface area contributed by atoms with E-state index in [-0.39, 0.29) is 17.2 Å². The Kier molecular flexibility index (Phi) is 11.3. The van der Waals surface area contributed by atoms with Crippen molar-refractivity contribution in [2.45, 2.75) is 42.8 Å². The van der Waals surface area contributed by atoms with Gasteiger partial charge in [-0.1, -0.05) is 44.3 Å². The summed E-state index contributed by atoms with van der Waals surface area (Å²) in [6.45, 7) is 14.6. The number of nitrogens with one attached hydrogen (secondary N) is 2. The van der Waals surface area contributed by atoms with E-state index in [0.29, 0.717) is 34.7 Å². The summed E-state index contributed by atoms with van der Waals surface area (Å²) in [6, 6.07) is 9.75. The number of benzene rings is 3. The second-order valence-electron chi connectivity index (χ2n) is 11.4. The van der Waals surface area contributed by atoms with Crippen LogP contribution in [0.15, 0.2) is 74.1 Å². The third-order valence-corrected chi connectivity index (χ3v) is 7.59. The topological polar surface area (TPSA) is 30.5 Å². The first kappa shape index (κ1) is 38.7. The van der Waals surface area contributed by atoms with Crippen LogP contribution in [0, 0.1) is 11.6 Å². The van der Waals surface area contributed by atoms with Crippen LogP contribution in [0.25, 0.3) is 11.8 Å². The number of nitrogens with zero attached hydrogens (tertiary/aromatic N) is 2. The van der Waals surface area contributed by atoms with Gasteiger partial charge in [-0.15, -0.1) is 0 Å². The highest BCUT2D eigenvalue weighted by Gasteiger charge is 2.49. The van der Waals surface area contributed by atoms with Gasteiger partial charge in [-0.2, -0.15) is 13.2 Å². The van der Waals surface area contributed by atoms with Crippen molar-refractivity contribution in [1.29, 1.82) is 0 Å². The zero-order chi connectivity index (χ0) is 36.6. The Morgan fingerprint density at radius 3 is 1.94 bits per heavy atom. The highest BCUT2D eigenvalue weighted by molar-refractivity contribution is 6.48. The standard InChI is InChI=1S/C17H18B5FN4.C9H6F4.C6H4ClF/c1-8-13-10(7-25-8)11(24-5)6-12-14(13)27(16(4,19)20)9(2)26(12)17(21,22)15(3,18)23;1-2-6-3-7(9(11,12)13)5-8(10)4-6;7-5-1-3-6(8)4-2-5/h6,24-25H,1-2,7H2,3-5H3;2-5H,1H2;1-4H. The van der Waals surface area contributed by atoms with Gasteiger partial charge in [-0.3, -0.25) is 4.39 Å². The van der Waals surface area contributed by atoms with E-state index in [1.165, 1.54) is 35.2 Å². The summed E-state index contributed by atoms with van der Waals surface area (Å²) < 4.78 is 75.6. The monoisotopic (exact) mass is 672 g/mol. The van der Waals surface area contributed by atoms with Crippen molar-refractivity contribution >= 4 is 79.7 Å². The minimum absolute atomic E-state index is 0.118. The molecule has 0 fully saturated rings. The third kappa shape index (κ3) is 8.10. The lowest BCUT2D eigenvalue weighted by atomic mass is 9.47. The molecule has 5 rings (SSSR count). The largest absolute Gasteiger partial charge is 0.416 e. The Balaban J connectivity index is 0.000000244. The smallest absolute Gasteiger partial charge is 0.388 e. The maximum atomic E-state index is 14.8. The maximum Gasteiger partial charge on any atom is 0.416 e. The summed E-state index contributed by atoms with van der Waals surface area (Å²) in [5.74, 6) is -0.953.